The molecule has 1 aliphatic heterocycles. The quantitative estimate of drug-likeness (QED) is 0.568. The van der Waals surface area contributed by atoms with E-state index in [1.807, 2.05) is 0 Å². The Morgan fingerprint density at radius 3 is 3.00 bits per heavy atom. The zero-order valence-corrected chi connectivity index (χ0v) is 10.9. The highest BCUT2D eigenvalue weighted by atomic mass is 16.5. The van der Waals surface area contributed by atoms with Crippen LogP contribution in [-0.4, -0.2) is 55.6 Å². The van der Waals surface area contributed by atoms with E-state index in [1.165, 1.54) is 0 Å². The molecular weight excluding hydrogens is 264 g/mol. The maximum atomic E-state index is 9.80. The number of aliphatic hydroxyl groups is 2. The summed E-state index contributed by atoms with van der Waals surface area (Å²) >= 11 is 0. The van der Waals surface area contributed by atoms with Crippen molar-refractivity contribution in [2.45, 2.75) is 24.9 Å². The number of anilines is 2. The molecule has 1 aliphatic rings. The number of aliphatic hydroxyl groups excluding tert-OH is 2. The van der Waals surface area contributed by atoms with Gasteiger partial charge in [-0.3, -0.25) is 4.57 Å². The van der Waals surface area contributed by atoms with Gasteiger partial charge in [0.2, 0.25) is 5.95 Å². The smallest absolute Gasteiger partial charge is 0.224 e. The minimum atomic E-state index is -0.717. The van der Waals surface area contributed by atoms with E-state index in [9.17, 15) is 5.11 Å². The second-order valence-corrected chi connectivity index (χ2v) is 4.62. The molecule has 0 aromatic carbocycles. The van der Waals surface area contributed by atoms with Gasteiger partial charge in [-0.15, -0.1) is 0 Å². The Hall–Kier alpha value is -1.97. The summed E-state index contributed by atoms with van der Waals surface area (Å²) in [5.74, 6) is 0.657. The molecule has 0 spiro atoms. The lowest BCUT2D eigenvalue weighted by atomic mass is 10.2. The van der Waals surface area contributed by atoms with Gasteiger partial charge >= 0.3 is 0 Å². The van der Waals surface area contributed by atoms with Gasteiger partial charge in [-0.2, -0.15) is 9.97 Å². The van der Waals surface area contributed by atoms with Crippen LogP contribution in [-0.2, 0) is 4.74 Å². The molecule has 0 unspecified atom stereocenters. The van der Waals surface area contributed by atoms with Crippen molar-refractivity contribution in [3.05, 3.63) is 6.33 Å². The molecule has 3 heterocycles. The molecule has 0 amide bonds. The van der Waals surface area contributed by atoms with Crippen molar-refractivity contribution < 1.29 is 14.9 Å². The van der Waals surface area contributed by atoms with Crippen LogP contribution in [0.1, 0.15) is 12.6 Å². The summed E-state index contributed by atoms with van der Waals surface area (Å²) in [4.78, 5) is 12.5. The molecule has 1 fully saturated rings. The largest absolute Gasteiger partial charge is 0.394 e. The van der Waals surface area contributed by atoms with Crippen LogP contribution in [0.2, 0.25) is 0 Å². The standard InChI is InChI=1S/C11H16N6O3/c1-13-9-8-10(16-11(12)15-9)17(4-14-8)7-2-5(19)6(3-18)20-7/h4-7,18-19H,2-3H2,1H3,(H3,12,13,15,16)/t5-,6+,7+/m0/s1. The maximum Gasteiger partial charge on any atom is 0.224 e. The Labute approximate surface area is 114 Å². The summed E-state index contributed by atoms with van der Waals surface area (Å²) in [6.07, 6.45) is 0.170. The average molecular weight is 280 g/mol. The zero-order chi connectivity index (χ0) is 14.3. The van der Waals surface area contributed by atoms with Gasteiger partial charge < -0.3 is 26.0 Å². The van der Waals surface area contributed by atoms with Gasteiger partial charge in [-0.1, -0.05) is 0 Å². The molecule has 0 aliphatic carbocycles. The molecule has 9 nitrogen and oxygen atoms in total. The van der Waals surface area contributed by atoms with Crippen molar-refractivity contribution in [3.8, 4) is 0 Å². The number of nitrogens with one attached hydrogen (secondary N) is 1. The summed E-state index contributed by atoms with van der Waals surface area (Å²) in [5, 5.41) is 21.8. The lowest BCUT2D eigenvalue weighted by molar-refractivity contribution is -0.0432. The first-order chi connectivity index (χ1) is 9.63. The maximum absolute atomic E-state index is 9.80. The number of imidazole rings is 1. The van der Waals surface area contributed by atoms with E-state index in [0.717, 1.165) is 0 Å². The number of hydrogen-bond donors (Lipinski definition) is 4. The summed E-state index contributed by atoms with van der Waals surface area (Å²) in [5.41, 5.74) is 6.78. The fourth-order valence-electron chi connectivity index (χ4n) is 2.37. The van der Waals surface area contributed by atoms with Gasteiger partial charge in [-0.25, -0.2) is 4.98 Å². The average Bonchev–Trinajstić information content (AvgIpc) is 3.00. The second-order valence-electron chi connectivity index (χ2n) is 4.62. The number of nitrogens with zero attached hydrogens (tertiary/aromatic N) is 4. The number of nitrogen functional groups attached to an aromatic ring is 1. The third-order valence-corrected chi connectivity index (χ3v) is 3.37. The molecule has 9 heteroatoms. The number of rotatable bonds is 3. The summed E-state index contributed by atoms with van der Waals surface area (Å²) in [6, 6.07) is 0. The summed E-state index contributed by atoms with van der Waals surface area (Å²) in [6.45, 7) is -0.233. The van der Waals surface area contributed by atoms with E-state index in [1.54, 1.807) is 17.9 Å². The van der Waals surface area contributed by atoms with Crippen LogP contribution in [0.25, 0.3) is 11.2 Å². The lowest BCUT2D eigenvalue weighted by Crippen LogP contribution is -2.24. The molecule has 0 saturated carbocycles. The molecular formula is C11H16N6O3. The van der Waals surface area contributed by atoms with Crippen molar-refractivity contribution in [1.82, 2.24) is 19.5 Å². The molecule has 2 aromatic rings. The van der Waals surface area contributed by atoms with Crippen molar-refractivity contribution in [2.24, 2.45) is 0 Å². The molecule has 0 bridgehead atoms. The van der Waals surface area contributed by atoms with Gasteiger partial charge in [0.05, 0.1) is 19.0 Å². The van der Waals surface area contributed by atoms with E-state index in [4.69, 9.17) is 15.6 Å². The number of nitrogens with two attached hydrogens (primary N) is 1. The van der Waals surface area contributed by atoms with Gasteiger partial charge in [0.1, 0.15) is 12.3 Å². The van der Waals surface area contributed by atoms with E-state index < -0.39 is 18.4 Å². The molecule has 3 rings (SSSR count). The highest BCUT2D eigenvalue weighted by Gasteiger charge is 2.35. The van der Waals surface area contributed by atoms with Crippen LogP contribution in [0.4, 0.5) is 11.8 Å². The fraction of sp³-hybridized carbons (Fsp3) is 0.545. The summed E-state index contributed by atoms with van der Waals surface area (Å²) in [7, 11) is 1.72. The van der Waals surface area contributed by atoms with Crippen molar-refractivity contribution in [2.75, 3.05) is 24.7 Å². The molecule has 108 valence electrons. The van der Waals surface area contributed by atoms with Gasteiger partial charge in [0.25, 0.3) is 0 Å². The van der Waals surface area contributed by atoms with Gasteiger partial charge in [0.15, 0.2) is 17.0 Å². The molecule has 0 radical (unpaired) electrons. The van der Waals surface area contributed by atoms with E-state index in [-0.39, 0.29) is 12.6 Å². The Bertz CT molecular complexity index is 630. The van der Waals surface area contributed by atoms with E-state index in [0.29, 0.717) is 23.4 Å². The van der Waals surface area contributed by atoms with Crippen molar-refractivity contribution >= 4 is 22.9 Å². The van der Waals surface area contributed by atoms with Crippen molar-refractivity contribution in [3.63, 3.8) is 0 Å². The number of aromatic nitrogens is 4. The van der Waals surface area contributed by atoms with Crippen LogP contribution >= 0.6 is 0 Å². The van der Waals surface area contributed by atoms with Crippen LogP contribution in [0.3, 0.4) is 0 Å². The lowest BCUT2D eigenvalue weighted by Gasteiger charge is -2.13. The van der Waals surface area contributed by atoms with Crippen LogP contribution in [0.5, 0.6) is 0 Å². The summed E-state index contributed by atoms with van der Waals surface area (Å²) < 4.78 is 7.28. The molecule has 2 aromatic heterocycles. The third-order valence-electron chi connectivity index (χ3n) is 3.37. The monoisotopic (exact) mass is 280 g/mol. The van der Waals surface area contributed by atoms with Crippen LogP contribution < -0.4 is 11.1 Å². The fourth-order valence-corrected chi connectivity index (χ4v) is 2.37. The minimum Gasteiger partial charge on any atom is -0.394 e. The SMILES string of the molecule is CNc1nc(N)nc2c1ncn2[C@H]1C[C@H](O)[C@@H](CO)O1. The topological polar surface area (TPSA) is 131 Å². The first-order valence-corrected chi connectivity index (χ1v) is 6.26. The highest BCUT2D eigenvalue weighted by Crippen LogP contribution is 2.31. The Kier molecular flexibility index (Phi) is 3.16. The number of hydrogen-bond acceptors (Lipinski definition) is 8. The third kappa shape index (κ3) is 1.96. The molecule has 5 N–H and O–H groups in total. The van der Waals surface area contributed by atoms with E-state index in [2.05, 4.69) is 20.3 Å². The predicted octanol–water partition coefficient (Wildman–Crippen LogP) is -0.909. The number of ether oxygens (including phenoxy) is 1. The molecule has 1 saturated heterocycles. The normalized spacial score (nSPS) is 26.2. The highest BCUT2D eigenvalue weighted by molar-refractivity contribution is 5.84. The van der Waals surface area contributed by atoms with Gasteiger partial charge in [-0.05, 0) is 0 Å². The van der Waals surface area contributed by atoms with E-state index >= 15 is 0 Å². The van der Waals surface area contributed by atoms with Gasteiger partial charge in [0, 0.05) is 13.5 Å². The Balaban J connectivity index is 2.03. The first-order valence-electron chi connectivity index (χ1n) is 6.26. The minimum absolute atomic E-state index is 0.126. The predicted molar refractivity (Wildman–Crippen MR) is 70.9 cm³/mol. The Morgan fingerprint density at radius 2 is 2.35 bits per heavy atom. The molecule has 3 atom stereocenters. The van der Waals surface area contributed by atoms with Crippen molar-refractivity contribution in [1.29, 1.82) is 0 Å². The van der Waals surface area contributed by atoms with Crippen LogP contribution in [0, 0.1) is 0 Å². The first kappa shape index (κ1) is 13.0. The van der Waals surface area contributed by atoms with Crippen LogP contribution in [0.15, 0.2) is 6.33 Å². The second kappa shape index (κ2) is 4.85. The zero-order valence-electron chi connectivity index (χ0n) is 10.9. The number of fused-ring (bicyclic) bond motifs is 1. The molecule has 20 heavy (non-hydrogen) atoms. The Morgan fingerprint density at radius 1 is 1.55 bits per heavy atom.